The number of fused-ring (bicyclic) bond motifs is 2. The highest BCUT2D eigenvalue weighted by Gasteiger charge is 2.41. The lowest BCUT2D eigenvalue weighted by Gasteiger charge is -2.34. The van der Waals surface area contributed by atoms with Gasteiger partial charge in [0.1, 0.15) is 5.75 Å². The Balaban J connectivity index is 1.79. The van der Waals surface area contributed by atoms with Crippen molar-refractivity contribution in [2.75, 3.05) is 13.1 Å². The van der Waals surface area contributed by atoms with Crippen LogP contribution in [0.4, 0.5) is 13.2 Å². The van der Waals surface area contributed by atoms with Crippen LogP contribution in [0.25, 0.3) is 0 Å². The number of hydrogen-bond acceptors (Lipinski definition) is 3. The predicted octanol–water partition coefficient (Wildman–Crippen LogP) is 3.07. The Morgan fingerprint density at radius 1 is 1.33 bits per heavy atom. The van der Waals surface area contributed by atoms with Gasteiger partial charge in [0.25, 0.3) is 0 Å². The van der Waals surface area contributed by atoms with E-state index < -0.39 is 6.36 Å². The van der Waals surface area contributed by atoms with E-state index in [-0.39, 0.29) is 11.8 Å². The zero-order valence-electron chi connectivity index (χ0n) is 11.6. The summed E-state index contributed by atoms with van der Waals surface area (Å²) in [6.07, 6.45) is -1.05. The number of nitrogens with zero attached hydrogens (tertiary/aromatic N) is 1. The first-order chi connectivity index (χ1) is 9.96. The first-order valence-electron chi connectivity index (χ1n) is 7.28. The summed E-state index contributed by atoms with van der Waals surface area (Å²) in [7, 11) is 0. The number of alkyl halides is 3. The fraction of sp³-hybridized carbons (Fsp3) is 0.600. The number of rotatable bonds is 4. The molecule has 1 saturated heterocycles. The standard InChI is InChI=1S/C15H19F3N2O/c16-15(17,18)21-13-3-1-2-11(7-13)14(8-19)20-9-10-4-5-12(20)6-10/h1-3,7,10,12,14H,4-6,8-9,19H2. The molecule has 1 saturated carbocycles. The number of benzene rings is 1. The molecule has 1 aromatic carbocycles. The zero-order chi connectivity index (χ0) is 15.0. The molecule has 1 aliphatic heterocycles. The summed E-state index contributed by atoms with van der Waals surface area (Å²) in [5.74, 6) is 0.543. The maximum atomic E-state index is 12.3. The van der Waals surface area contributed by atoms with E-state index in [1.807, 2.05) is 6.07 Å². The molecular weight excluding hydrogens is 281 g/mol. The van der Waals surface area contributed by atoms with Gasteiger partial charge < -0.3 is 10.5 Å². The van der Waals surface area contributed by atoms with E-state index >= 15 is 0 Å². The maximum Gasteiger partial charge on any atom is 0.573 e. The van der Waals surface area contributed by atoms with Crippen molar-refractivity contribution in [3.8, 4) is 5.75 Å². The minimum atomic E-state index is -4.66. The Morgan fingerprint density at radius 3 is 2.71 bits per heavy atom. The van der Waals surface area contributed by atoms with Crippen molar-refractivity contribution in [3.63, 3.8) is 0 Å². The number of nitrogens with two attached hydrogens (primary N) is 1. The number of likely N-dealkylation sites (tertiary alicyclic amines) is 1. The van der Waals surface area contributed by atoms with Gasteiger partial charge >= 0.3 is 6.36 Å². The second-order valence-electron chi connectivity index (χ2n) is 5.90. The van der Waals surface area contributed by atoms with Gasteiger partial charge in [0.15, 0.2) is 0 Å². The minimum absolute atomic E-state index is 0.0305. The molecule has 116 valence electrons. The van der Waals surface area contributed by atoms with E-state index in [1.54, 1.807) is 6.07 Å². The largest absolute Gasteiger partial charge is 0.573 e. The molecule has 2 aliphatic rings. The molecule has 21 heavy (non-hydrogen) atoms. The van der Waals surface area contributed by atoms with Crippen LogP contribution in [0, 0.1) is 5.92 Å². The third-order valence-electron chi connectivity index (χ3n) is 4.55. The predicted molar refractivity (Wildman–Crippen MR) is 72.8 cm³/mol. The van der Waals surface area contributed by atoms with E-state index in [1.165, 1.54) is 31.4 Å². The molecule has 1 aromatic rings. The lowest BCUT2D eigenvalue weighted by Crippen LogP contribution is -2.39. The topological polar surface area (TPSA) is 38.5 Å². The van der Waals surface area contributed by atoms with E-state index in [9.17, 15) is 13.2 Å². The molecule has 1 heterocycles. The van der Waals surface area contributed by atoms with Gasteiger partial charge in [0, 0.05) is 25.2 Å². The third-order valence-corrected chi connectivity index (χ3v) is 4.55. The molecule has 1 aliphatic carbocycles. The summed E-state index contributed by atoms with van der Waals surface area (Å²) in [5.41, 5.74) is 6.69. The molecule has 2 fully saturated rings. The summed E-state index contributed by atoms with van der Waals surface area (Å²) in [5, 5.41) is 0. The number of hydrogen-bond donors (Lipinski definition) is 1. The van der Waals surface area contributed by atoms with E-state index in [2.05, 4.69) is 9.64 Å². The SMILES string of the molecule is NCC(c1cccc(OC(F)(F)F)c1)N1CC2CCC1C2. The molecule has 0 spiro atoms. The van der Waals surface area contributed by atoms with Crippen LogP contribution in [-0.4, -0.2) is 30.4 Å². The van der Waals surface area contributed by atoms with E-state index in [0.29, 0.717) is 12.6 Å². The second-order valence-corrected chi connectivity index (χ2v) is 5.90. The monoisotopic (exact) mass is 300 g/mol. The smallest absolute Gasteiger partial charge is 0.406 e. The molecule has 0 aromatic heterocycles. The first-order valence-corrected chi connectivity index (χ1v) is 7.28. The average molecular weight is 300 g/mol. The number of halogens is 3. The van der Waals surface area contributed by atoms with Gasteiger partial charge in [-0.2, -0.15) is 0 Å². The van der Waals surface area contributed by atoms with Crippen LogP contribution < -0.4 is 10.5 Å². The van der Waals surface area contributed by atoms with Crippen molar-refractivity contribution in [1.29, 1.82) is 0 Å². The summed E-state index contributed by atoms with van der Waals surface area (Å²) >= 11 is 0. The van der Waals surface area contributed by atoms with Crippen molar-refractivity contribution in [1.82, 2.24) is 4.90 Å². The lowest BCUT2D eigenvalue weighted by molar-refractivity contribution is -0.274. The van der Waals surface area contributed by atoms with Crippen LogP contribution >= 0.6 is 0 Å². The molecule has 6 heteroatoms. The van der Waals surface area contributed by atoms with Gasteiger partial charge in [0.05, 0.1) is 0 Å². The van der Waals surface area contributed by atoms with Gasteiger partial charge in [-0.1, -0.05) is 12.1 Å². The van der Waals surface area contributed by atoms with Gasteiger partial charge in [-0.15, -0.1) is 13.2 Å². The van der Waals surface area contributed by atoms with Crippen LogP contribution in [0.15, 0.2) is 24.3 Å². The lowest BCUT2D eigenvalue weighted by atomic mass is 10.0. The average Bonchev–Trinajstić information content (AvgIpc) is 3.00. The molecular formula is C15H19F3N2O. The van der Waals surface area contributed by atoms with Gasteiger partial charge in [-0.05, 0) is 42.9 Å². The van der Waals surface area contributed by atoms with Crippen molar-refractivity contribution >= 4 is 0 Å². The van der Waals surface area contributed by atoms with Gasteiger partial charge in [-0.25, -0.2) is 0 Å². The van der Waals surface area contributed by atoms with E-state index in [4.69, 9.17) is 5.73 Å². The Hall–Kier alpha value is -1.27. The van der Waals surface area contributed by atoms with Crippen LogP contribution in [-0.2, 0) is 0 Å². The normalized spacial score (nSPS) is 27.0. The minimum Gasteiger partial charge on any atom is -0.406 e. The van der Waals surface area contributed by atoms with Crippen molar-refractivity contribution in [2.45, 2.75) is 37.7 Å². The van der Waals surface area contributed by atoms with Gasteiger partial charge in [0.2, 0.25) is 0 Å². The summed E-state index contributed by atoms with van der Waals surface area (Å²) in [4.78, 5) is 2.35. The van der Waals surface area contributed by atoms with Crippen LogP contribution in [0.1, 0.15) is 30.9 Å². The van der Waals surface area contributed by atoms with Crippen molar-refractivity contribution < 1.29 is 17.9 Å². The number of ether oxygens (including phenoxy) is 1. The summed E-state index contributed by atoms with van der Waals surface area (Å²) in [6.45, 7) is 1.40. The Kier molecular flexibility index (Phi) is 3.84. The highest BCUT2D eigenvalue weighted by atomic mass is 19.4. The van der Waals surface area contributed by atoms with Crippen LogP contribution in [0.2, 0.25) is 0 Å². The molecule has 0 radical (unpaired) electrons. The Morgan fingerprint density at radius 2 is 2.14 bits per heavy atom. The summed E-state index contributed by atoms with van der Waals surface area (Å²) < 4.78 is 41.0. The zero-order valence-corrected chi connectivity index (χ0v) is 11.6. The number of piperidine rings is 1. The van der Waals surface area contributed by atoms with Crippen LogP contribution in [0.3, 0.4) is 0 Å². The first kappa shape index (κ1) is 14.7. The summed E-state index contributed by atoms with van der Waals surface area (Å²) in [6, 6.07) is 6.69. The molecule has 0 amide bonds. The van der Waals surface area contributed by atoms with E-state index in [0.717, 1.165) is 18.0 Å². The van der Waals surface area contributed by atoms with Crippen molar-refractivity contribution in [2.24, 2.45) is 11.7 Å². The second kappa shape index (κ2) is 5.50. The van der Waals surface area contributed by atoms with Gasteiger partial charge in [-0.3, -0.25) is 4.90 Å². The molecule has 3 rings (SSSR count). The Bertz CT molecular complexity index is 506. The fourth-order valence-electron chi connectivity index (χ4n) is 3.73. The Labute approximate surface area is 121 Å². The molecule has 3 nitrogen and oxygen atoms in total. The molecule has 2 bridgehead atoms. The van der Waals surface area contributed by atoms with Crippen LogP contribution in [0.5, 0.6) is 5.75 Å². The fourth-order valence-corrected chi connectivity index (χ4v) is 3.73. The third kappa shape index (κ3) is 3.16. The highest BCUT2D eigenvalue weighted by Crippen LogP contribution is 2.42. The highest BCUT2D eigenvalue weighted by molar-refractivity contribution is 5.31. The van der Waals surface area contributed by atoms with Crippen molar-refractivity contribution in [3.05, 3.63) is 29.8 Å². The maximum absolute atomic E-state index is 12.3. The quantitative estimate of drug-likeness (QED) is 0.928. The molecule has 3 unspecified atom stereocenters. The molecule has 3 atom stereocenters. The molecule has 2 N–H and O–H groups in total.